The molecule has 4 rings (SSSR count). The molecule has 3 heterocycles. The summed E-state index contributed by atoms with van der Waals surface area (Å²) in [4.78, 5) is 20.2. The molecule has 29 heavy (non-hydrogen) atoms. The second-order valence-electron chi connectivity index (χ2n) is 6.68. The van der Waals surface area contributed by atoms with Gasteiger partial charge in [0.2, 0.25) is 5.91 Å². The molecule has 3 aromatic heterocycles. The van der Waals surface area contributed by atoms with Gasteiger partial charge in [-0.15, -0.1) is 5.10 Å². The molecule has 1 amide bonds. The average Bonchev–Trinajstić information content (AvgIpc) is 3.22. The maximum atomic E-state index is 13.9. The van der Waals surface area contributed by atoms with Gasteiger partial charge in [0.1, 0.15) is 11.5 Å². The molecule has 0 aliphatic carbocycles. The molecular weight excluding hydrogens is 371 g/mol. The number of nitrogens with one attached hydrogen (secondary N) is 1. The molecule has 4 aromatic rings. The summed E-state index contributed by atoms with van der Waals surface area (Å²) in [6.07, 6.45) is 7.09. The Hall–Kier alpha value is -3.68. The van der Waals surface area contributed by atoms with Crippen molar-refractivity contribution in [3.8, 4) is 11.3 Å². The summed E-state index contributed by atoms with van der Waals surface area (Å²) in [7, 11) is 0. The van der Waals surface area contributed by atoms with E-state index in [-0.39, 0.29) is 30.4 Å². The Bertz CT molecular complexity index is 1170. The third kappa shape index (κ3) is 4.11. The van der Waals surface area contributed by atoms with Crippen molar-refractivity contribution in [2.24, 2.45) is 0 Å². The molecule has 0 bridgehead atoms. The van der Waals surface area contributed by atoms with Crippen molar-refractivity contribution < 1.29 is 9.18 Å². The zero-order chi connectivity index (χ0) is 20.2. The second kappa shape index (κ2) is 8.14. The molecule has 7 nitrogen and oxygen atoms in total. The number of carbonyl (C=O) groups is 1. The van der Waals surface area contributed by atoms with Crippen LogP contribution in [0.25, 0.3) is 22.0 Å². The lowest BCUT2D eigenvalue weighted by Crippen LogP contribution is -2.25. The number of fused-ring (bicyclic) bond motifs is 1. The SMILES string of the molecule is Cc1ccnc(CNC(=O)CCn2cc(-c3cccc4cnccc34)nn2)c1F. The maximum Gasteiger partial charge on any atom is 0.222 e. The van der Waals surface area contributed by atoms with E-state index in [0.717, 1.165) is 22.0 Å². The van der Waals surface area contributed by atoms with Gasteiger partial charge in [0.05, 0.1) is 25.0 Å². The predicted octanol–water partition coefficient (Wildman–Crippen LogP) is 3.04. The molecule has 1 N–H and O–H groups in total. The van der Waals surface area contributed by atoms with Crippen molar-refractivity contribution in [2.45, 2.75) is 26.4 Å². The third-order valence-electron chi connectivity index (χ3n) is 4.67. The number of nitrogens with zero attached hydrogens (tertiary/aromatic N) is 5. The molecule has 0 unspecified atom stereocenters. The van der Waals surface area contributed by atoms with Gasteiger partial charge in [-0.25, -0.2) is 4.39 Å². The van der Waals surface area contributed by atoms with Crippen LogP contribution in [0.1, 0.15) is 17.7 Å². The van der Waals surface area contributed by atoms with E-state index < -0.39 is 0 Å². The Morgan fingerprint density at radius 2 is 2.10 bits per heavy atom. The van der Waals surface area contributed by atoms with Gasteiger partial charge in [-0.1, -0.05) is 23.4 Å². The van der Waals surface area contributed by atoms with Crippen LogP contribution in [-0.4, -0.2) is 30.9 Å². The number of amides is 1. The largest absolute Gasteiger partial charge is 0.350 e. The van der Waals surface area contributed by atoms with Crippen molar-refractivity contribution in [1.29, 1.82) is 0 Å². The van der Waals surface area contributed by atoms with Crippen molar-refractivity contribution in [3.63, 3.8) is 0 Å². The fourth-order valence-electron chi connectivity index (χ4n) is 3.08. The standard InChI is InChI=1S/C21H19FN6O/c1-14-5-9-24-18(21(14)22)12-25-20(29)7-10-28-13-19(26-27-28)17-4-2-3-15-11-23-8-6-16(15)17/h2-6,8-9,11,13H,7,10,12H2,1H3,(H,25,29). The minimum atomic E-state index is -0.390. The van der Waals surface area contributed by atoms with Crippen molar-refractivity contribution in [1.82, 2.24) is 30.3 Å². The summed E-state index contributed by atoms with van der Waals surface area (Å²) < 4.78 is 15.6. The van der Waals surface area contributed by atoms with Gasteiger partial charge in [-0.2, -0.15) is 0 Å². The molecule has 0 radical (unpaired) electrons. The molecule has 0 fully saturated rings. The van der Waals surface area contributed by atoms with Crippen molar-refractivity contribution in [3.05, 3.63) is 72.2 Å². The summed E-state index contributed by atoms with van der Waals surface area (Å²) >= 11 is 0. The molecule has 0 atom stereocenters. The Morgan fingerprint density at radius 1 is 1.21 bits per heavy atom. The smallest absolute Gasteiger partial charge is 0.222 e. The van der Waals surface area contributed by atoms with Crippen LogP contribution < -0.4 is 5.32 Å². The number of benzene rings is 1. The number of halogens is 1. The first kappa shape index (κ1) is 18.7. The van der Waals surface area contributed by atoms with Gasteiger partial charge in [-0.05, 0) is 30.0 Å². The maximum absolute atomic E-state index is 13.9. The lowest BCUT2D eigenvalue weighted by atomic mass is 10.0. The van der Waals surface area contributed by atoms with E-state index in [1.165, 1.54) is 6.20 Å². The van der Waals surface area contributed by atoms with Crippen LogP contribution in [0.2, 0.25) is 0 Å². The quantitative estimate of drug-likeness (QED) is 0.547. The van der Waals surface area contributed by atoms with Crippen LogP contribution in [0.3, 0.4) is 0 Å². The molecule has 1 aromatic carbocycles. The third-order valence-corrected chi connectivity index (χ3v) is 4.67. The molecule has 0 saturated carbocycles. The fraction of sp³-hybridized carbons (Fsp3) is 0.190. The van der Waals surface area contributed by atoms with Crippen LogP contribution in [0, 0.1) is 12.7 Å². The molecular formula is C21H19FN6O. The Kier molecular flexibility index (Phi) is 5.24. The molecule has 0 aliphatic heterocycles. The monoisotopic (exact) mass is 390 g/mol. The zero-order valence-corrected chi connectivity index (χ0v) is 15.8. The average molecular weight is 390 g/mol. The molecule has 0 aliphatic rings. The lowest BCUT2D eigenvalue weighted by Gasteiger charge is -2.07. The minimum absolute atomic E-state index is 0.0546. The van der Waals surface area contributed by atoms with Crippen molar-refractivity contribution >= 4 is 16.7 Å². The number of carbonyl (C=O) groups excluding carboxylic acids is 1. The summed E-state index contributed by atoms with van der Waals surface area (Å²) in [5.41, 5.74) is 2.42. The second-order valence-corrected chi connectivity index (χ2v) is 6.68. The number of hydrogen-bond donors (Lipinski definition) is 1. The number of pyridine rings is 2. The Morgan fingerprint density at radius 3 is 3.00 bits per heavy atom. The highest BCUT2D eigenvalue weighted by Crippen LogP contribution is 2.26. The molecule has 8 heteroatoms. The summed E-state index contributed by atoms with van der Waals surface area (Å²) in [6.45, 7) is 2.09. The summed E-state index contributed by atoms with van der Waals surface area (Å²) in [5.74, 6) is -0.597. The Labute approximate surface area is 166 Å². The topological polar surface area (TPSA) is 85.6 Å². The Balaban J connectivity index is 1.38. The fourth-order valence-corrected chi connectivity index (χ4v) is 3.08. The predicted molar refractivity (Wildman–Crippen MR) is 106 cm³/mol. The van der Waals surface area contributed by atoms with E-state index in [1.54, 1.807) is 30.1 Å². The van der Waals surface area contributed by atoms with Crippen LogP contribution in [0.15, 0.2) is 55.1 Å². The van der Waals surface area contributed by atoms with Gasteiger partial charge < -0.3 is 5.32 Å². The number of hydrogen-bond acceptors (Lipinski definition) is 5. The van der Waals surface area contributed by atoms with E-state index in [9.17, 15) is 9.18 Å². The normalized spacial score (nSPS) is 11.0. The van der Waals surface area contributed by atoms with Gasteiger partial charge in [0.25, 0.3) is 0 Å². The van der Waals surface area contributed by atoms with Crippen LogP contribution in [0.5, 0.6) is 0 Å². The van der Waals surface area contributed by atoms with E-state index in [1.807, 2.05) is 30.5 Å². The van der Waals surface area contributed by atoms with Crippen LogP contribution in [0.4, 0.5) is 4.39 Å². The molecule has 0 saturated heterocycles. The van der Waals surface area contributed by atoms with E-state index in [2.05, 4.69) is 25.6 Å². The minimum Gasteiger partial charge on any atom is -0.350 e. The van der Waals surface area contributed by atoms with Gasteiger partial charge in [0.15, 0.2) is 0 Å². The summed E-state index contributed by atoms with van der Waals surface area (Å²) in [5, 5.41) is 13.1. The van der Waals surface area contributed by atoms with Crippen molar-refractivity contribution in [2.75, 3.05) is 0 Å². The van der Waals surface area contributed by atoms with Crippen LogP contribution >= 0.6 is 0 Å². The molecule has 146 valence electrons. The highest BCUT2D eigenvalue weighted by molar-refractivity contribution is 5.95. The molecule has 0 spiro atoms. The zero-order valence-electron chi connectivity index (χ0n) is 15.8. The van der Waals surface area contributed by atoms with Gasteiger partial charge in [-0.3, -0.25) is 19.4 Å². The lowest BCUT2D eigenvalue weighted by molar-refractivity contribution is -0.121. The summed E-state index contributed by atoms with van der Waals surface area (Å²) in [6, 6.07) is 9.45. The number of aromatic nitrogens is 5. The first-order chi connectivity index (χ1) is 14.1. The van der Waals surface area contributed by atoms with Crippen LogP contribution in [-0.2, 0) is 17.9 Å². The van der Waals surface area contributed by atoms with Gasteiger partial charge in [0, 0.05) is 36.0 Å². The first-order valence-corrected chi connectivity index (χ1v) is 9.22. The number of rotatable bonds is 6. The highest BCUT2D eigenvalue weighted by atomic mass is 19.1. The number of aryl methyl sites for hydroxylation is 2. The van der Waals surface area contributed by atoms with E-state index in [0.29, 0.717) is 12.1 Å². The van der Waals surface area contributed by atoms with E-state index in [4.69, 9.17) is 0 Å². The van der Waals surface area contributed by atoms with Gasteiger partial charge >= 0.3 is 0 Å². The first-order valence-electron chi connectivity index (χ1n) is 9.22. The highest BCUT2D eigenvalue weighted by Gasteiger charge is 2.11. The van der Waals surface area contributed by atoms with E-state index >= 15 is 0 Å².